The number of likely N-dealkylation sites (tertiary alicyclic amines) is 1. The lowest BCUT2D eigenvalue weighted by molar-refractivity contribution is -0.136. The van der Waals surface area contributed by atoms with E-state index in [1.807, 2.05) is 21.7 Å². The molecule has 2 heterocycles. The van der Waals surface area contributed by atoms with E-state index < -0.39 is 7.05 Å². The Kier molecular flexibility index (Phi) is 4.27. The molecule has 0 spiro atoms. The Labute approximate surface area is 108 Å². The van der Waals surface area contributed by atoms with Crippen molar-refractivity contribution in [1.29, 1.82) is 0 Å². The number of hydrogen-bond acceptors (Lipinski definition) is 5. The van der Waals surface area contributed by atoms with Crippen LogP contribution in [0.2, 0.25) is 6.82 Å². The Balaban J connectivity index is 1.88. The third-order valence-electron chi connectivity index (χ3n) is 3.97. The number of amides is 1. The molecule has 0 aromatic heterocycles. The van der Waals surface area contributed by atoms with E-state index in [0.29, 0.717) is 39.1 Å². The molecule has 6 nitrogen and oxygen atoms in total. The summed E-state index contributed by atoms with van der Waals surface area (Å²) in [5.41, 5.74) is 0. The molecule has 0 aromatic rings. The molecule has 2 rings (SSSR count). The number of β-amino-alcohol motifs (C(OH)–C–C–N with tert-alkyl or cyclic N) is 1. The minimum absolute atomic E-state index is 0.110. The van der Waals surface area contributed by atoms with Crippen molar-refractivity contribution < 1.29 is 14.9 Å². The van der Waals surface area contributed by atoms with Crippen LogP contribution in [0.5, 0.6) is 0 Å². The van der Waals surface area contributed by atoms with Crippen molar-refractivity contribution in [3.8, 4) is 0 Å². The van der Waals surface area contributed by atoms with Crippen LogP contribution in [0, 0.1) is 0 Å². The van der Waals surface area contributed by atoms with Crippen LogP contribution in [-0.2, 0) is 4.79 Å². The molecular formula is C11H22BN3O3. The highest BCUT2D eigenvalue weighted by Crippen LogP contribution is 2.18. The minimum Gasteiger partial charge on any atom is -0.437 e. The predicted octanol–water partition coefficient (Wildman–Crippen LogP) is -1.69. The fourth-order valence-corrected chi connectivity index (χ4v) is 2.79. The zero-order chi connectivity index (χ0) is 13.3. The SMILES string of the molecule is CB(O)N1CCN(C(=O)[C@@H]2C[C@@H](O)CN2C)CC1. The normalized spacial score (nSPS) is 30.8. The highest BCUT2D eigenvalue weighted by atomic mass is 16.3. The van der Waals surface area contributed by atoms with Crippen LogP contribution in [0.15, 0.2) is 0 Å². The molecule has 2 saturated heterocycles. The summed E-state index contributed by atoms with van der Waals surface area (Å²) in [5.74, 6) is 0.110. The maximum atomic E-state index is 12.3. The zero-order valence-electron chi connectivity index (χ0n) is 11.1. The highest BCUT2D eigenvalue weighted by Gasteiger charge is 2.37. The maximum Gasteiger partial charge on any atom is 0.376 e. The number of carbonyl (C=O) groups is 1. The van der Waals surface area contributed by atoms with Gasteiger partial charge in [-0.25, -0.2) is 0 Å². The van der Waals surface area contributed by atoms with Crippen molar-refractivity contribution in [3.05, 3.63) is 0 Å². The van der Waals surface area contributed by atoms with Crippen molar-refractivity contribution in [1.82, 2.24) is 14.6 Å². The molecule has 0 radical (unpaired) electrons. The molecule has 0 aromatic carbocycles. The van der Waals surface area contributed by atoms with Gasteiger partial charge in [0.15, 0.2) is 0 Å². The maximum absolute atomic E-state index is 12.3. The van der Waals surface area contributed by atoms with Gasteiger partial charge in [0.25, 0.3) is 0 Å². The monoisotopic (exact) mass is 255 g/mol. The first-order valence-corrected chi connectivity index (χ1v) is 6.58. The first kappa shape index (κ1) is 13.8. The summed E-state index contributed by atoms with van der Waals surface area (Å²) in [4.78, 5) is 18.1. The summed E-state index contributed by atoms with van der Waals surface area (Å²) in [6.07, 6.45) is 0.147. The molecule has 18 heavy (non-hydrogen) atoms. The quantitative estimate of drug-likeness (QED) is 0.576. The Morgan fingerprint density at radius 2 is 1.89 bits per heavy atom. The summed E-state index contributed by atoms with van der Waals surface area (Å²) in [5, 5.41) is 19.0. The van der Waals surface area contributed by atoms with E-state index in [1.54, 1.807) is 6.82 Å². The van der Waals surface area contributed by atoms with Gasteiger partial charge in [0.1, 0.15) is 0 Å². The van der Waals surface area contributed by atoms with Crippen LogP contribution < -0.4 is 0 Å². The molecule has 0 unspecified atom stereocenters. The Hall–Kier alpha value is -0.625. The number of aliphatic hydroxyl groups excluding tert-OH is 1. The van der Waals surface area contributed by atoms with Crippen LogP contribution in [0.3, 0.4) is 0 Å². The van der Waals surface area contributed by atoms with E-state index in [9.17, 15) is 14.9 Å². The van der Waals surface area contributed by atoms with E-state index >= 15 is 0 Å². The van der Waals surface area contributed by atoms with Gasteiger partial charge in [0, 0.05) is 32.7 Å². The van der Waals surface area contributed by atoms with E-state index in [-0.39, 0.29) is 18.1 Å². The molecule has 102 valence electrons. The molecule has 0 saturated carbocycles. The molecule has 1 amide bonds. The molecule has 2 fully saturated rings. The second-order valence-corrected chi connectivity index (χ2v) is 5.34. The van der Waals surface area contributed by atoms with Gasteiger partial charge in [-0.05, 0) is 20.3 Å². The van der Waals surface area contributed by atoms with Gasteiger partial charge in [-0.15, -0.1) is 0 Å². The Bertz CT molecular complexity index is 308. The topological polar surface area (TPSA) is 67.2 Å². The lowest BCUT2D eigenvalue weighted by Crippen LogP contribution is -2.55. The van der Waals surface area contributed by atoms with Crippen LogP contribution in [0.4, 0.5) is 0 Å². The van der Waals surface area contributed by atoms with E-state index in [0.717, 1.165) is 0 Å². The number of rotatable bonds is 2. The highest BCUT2D eigenvalue weighted by molar-refractivity contribution is 6.45. The zero-order valence-corrected chi connectivity index (χ0v) is 11.1. The summed E-state index contributed by atoms with van der Waals surface area (Å²) < 4.78 is 0. The van der Waals surface area contributed by atoms with Crippen LogP contribution in [0.25, 0.3) is 0 Å². The molecule has 2 atom stereocenters. The second-order valence-electron chi connectivity index (χ2n) is 5.34. The lowest BCUT2D eigenvalue weighted by atomic mass is 9.84. The van der Waals surface area contributed by atoms with Crippen molar-refractivity contribution in [3.63, 3.8) is 0 Å². The fourth-order valence-electron chi connectivity index (χ4n) is 2.79. The summed E-state index contributed by atoms with van der Waals surface area (Å²) >= 11 is 0. The number of aliphatic hydroxyl groups is 1. The van der Waals surface area contributed by atoms with E-state index in [4.69, 9.17) is 0 Å². The van der Waals surface area contributed by atoms with Gasteiger partial charge in [0.05, 0.1) is 12.1 Å². The number of hydrogen-bond donors (Lipinski definition) is 2. The molecule has 7 heteroatoms. The Morgan fingerprint density at radius 1 is 1.28 bits per heavy atom. The Morgan fingerprint density at radius 3 is 2.33 bits per heavy atom. The molecule has 2 aliphatic rings. The summed E-state index contributed by atoms with van der Waals surface area (Å²) in [6.45, 7) is 5.06. The van der Waals surface area contributed by atoms with E-state index in [2.05, 4.69) is 0 Å². The predicted molar refractivity (Wildman–Crippen MR) is 69.0 cm³/mol. The van der Waals surface area contributed by atoms with Gasteiger partial charge in [-0.3, -0.25) is 9.69 Å². The van der Waals surface area contributed by atoms with Crippen LogP contribution in [0.1, 0.15) is 6.42 Å². The standard InChI is InChI=1S/C11H22BN3O3/c1-12(18)15-5-3-14(4-6-15)11(17)10-7-9(16)8-13(10)2/h9-10,16,18H,3-8H2,1-2H3/t9-,10+/m1/s1. The van der Waals surface area contributed by atoms with Crippen molar-refractivity contribution in [2.75, 3.05) is 39.8 Å². The number of likely N-dealkylation sites (N-methyl/N-ethyl adjacent to an activating group) is 1. The minimum atomic E-state index is -0.446. The fraction of sp³-hybridized carbons (Fsp3) is 0.909. The molecular weight excluding hydrogens is 233 g/mol. The second kappa shape index (κ2) is 5.56. The number of nitrogens with zero attached hydrogens (tertiary/aromatic N) is 3. The smallest absolute Gasteiger partial charge is 0.376 e. The van der Waals surface area contributed by atoms with Gasteiger partial charge in [-0.1, -0.05) is 0 Å². The van der Waals surface area contributed by atoms with Crippen LogP contribution in [-0.4, -0.2) is 89.6 Å². The molecule has 0 bridgehead atoms. The van der Waals surface area contributed by atoms with Gasteiger partial charge >= 0.3 is 7.05 Å². The average Bonchev–Trinajstić information content (AvgIpc) is 2.67. The third-order valence-corrected chi connectivity index (χ3v) is 3.97. The first-order valence-electron chi connectivity index (χ1n) is 6.58. The number of piperazine rings is 1. The van der Waals surface area contributed by atoms with Crippen molar-refractivity contribution in [2.45, 2.75) is 25.4 Å². The van der Waals surface area contributed by atoms with Gasteiger partial charge < -0.3 is 19.8 Å². The first-order chi connectivity index (χ1) is 8.49. The molecule has 2 aliphatic heterocycles. The van der Waals surface area contributed by atoms with Gasteiger partial charge in [0.2, 0.25) is 5.91 Å². The average molecular weight is 255 g/mol. The number of carbonyl (C=O) groups excluding carboxylic acids is 1. The van der Waals surface area contributed by atoms with Gasteiger partial charge in [-0.2, -0.15) is 0 Å². The molecule has 0 aliphatic carbocycles. The van der Waals surface area contributed by atoms with Crippen LogP contribution >= 0.6 is 0 Å². The largest absolute Gasteiger partial charge is 0.437 e. The third kappa shape index (κ3) is 2.85. The van der Waals surface area contributed by atoms with E-state index in [1.165, 1.54) is 0 Å². The van der Waals surface area contributed by atoms with Crippen molar-refractivity contribution >= 4 is 13.0 Å². The molecule has 2 N–H and O–H groups in total. The summed E-state index contributed by atoms with van der Waals surface area (Å²) in [7, 11) is 1.43. The summed E-state index contributed by atoms with van der Waals surface area (Å²) in [6, 6.07) is -0.182. The van der Waals surface area contributed by atoms with Crippen molar-refractivity contribution in [2.24, 2.45) is 0 Å². The lowest BCUT2D eigenvalue weighted by Gasteiger charge is -2.37.